The highest BCUT2D eigenvalue weighted by atomic mass is 32.1. The van der Waals surface area contributed by atoms with Crippen LogP contribution >= 0.6 is 11.5 Å². The highest BCUT2D eigenvalue weighted by Gasteiger charge is 2.26. The molecule has 90 valence electrons. The van der Waals surface area contributed by atoms with Gasteiger partial charge in [0.1, 0.15) is 5.82 Å². The van der Waals surface area contributed by atoms with Crippen LogP contribution < -0.4 is 4.90 Å². The maximum absolute atomic E-state index is 9.84. The minimum Gasteiger partial charge on any atom is -0.391 e. The predicted octanol–water partition coefficient (Wildman–Crippen LogP) is 1.87. The first-order chi connectivity index (χ1) is 7.58. The van der Waals surface area contributed by atoms with Crippen LogP contribution in [0.15, 0.2) is 0 Å². The van der Waals surface area contributed by atoms with Crippen molar-refractivity contribution in [1.29, 1.82) is 0 Å². The average Bonchev–Trinajstić information content (AvgIpc) is 2.71. The van der Waals surface area contributed by atoms with Gasteiger partial charge in [0.25, 0.3) is 0 Å². The first kappa shape index (κ1) is 11.8. The number of aromatic nitrogens is 2. The molecule has 1 aromatic rings. The molecule has 1 aliphatic heterocycles. The van der Waals surface area contributed by atoms with Gasteiger partial charge in [-0.1, -0.05) is 20.8 Å². The number of aliphatic hydroxyl groups is 1. The molecule has 16 heavy (non-hydrogen) atoms. The number of rotatable bonds is 2. The second kappa shape index (κ2) is 4.67. The zero-order valence-electron chi connectivity index (χ0n) is 10.1. The molecule has 0 amide bonds. The molecule has 1 N–H and O–H groups in total. The van der Waals surface area contributed by atoms with E-state index in [2.05, 4.69) is 35.0 Å². The van der Waals surface area contributed by atoms with E-state index in [1.165, 1.54) is 11.5 Å². The largest absolute Gasteiger partial charge is 0.391 e. The van der Waals surface area contributed by atoms with Gasteiger partial charge in [-0.05, 0) is 12.3 Å². The number of hydrogen-bond acceptors (Lipinski definition) is 5. The maximum Gasteiger partial charge on any atom is 0.205 e. The Hall–Kier alpha value is -0.680. The van der Waals surface area contributed by atoms with E-state index in [4.69, 9.17) is 0 Å². The molecule has 0 radical (unpaired) electrons. The van der Waals surface area contributed by atoms with Gasteiger partial charge in [0, 0.05) is 30.5 Å². The molecule has 0 aromatic carbocycles. The minimum absolute atomic E-state index is 0.236. The van der Waals surface area contributed by atoms with Gasteiger partial charge < -0.3 is 10.0 Å². The second-order valence-electron chi connectivity index (χ2n) is 4.87. The van der Waals surface area contributed by atoms with E-state index in [0.717, 1.165) is 23.9 Å². The summed E-state index contributed by atoms with van der Waals surface area (Å²) >= 11 is 1.44. The van der Waals surface area contributed by atoms with Crippen LogP contribution in [-0.2, 0) is 0 Å². The Labute approximate surface area is 100 Å². The van der Waals surface area contributed by atoms with Crippen LogP contribution in [0.5, 0.6) is 0 Å². The highest BCUT2D eigenvalue weighted by Crippen LogP contribution is 2.26. The van der Waals surface area contributed by atoms with E-state index < -0.39 is 0 Å². The number of hydrogen-bond donors (Lipinski definition) is 1. The third-order valence-electron chi connectivity index (χ3n) is 3.14. The SMILES string of the molecule is CC(C)c1nsc(N2CCC(C)C(O)C2)n1. The lowest BCUT2D eigenvalue weighted by Crippen LogP contribution is -2.42. The van der Waals surface area contributed by atoms with Crippen molar-refractivity contribution >= 4 is 16.7 Å². The molecule has 2 rings (SSSR count). The average molecular weight is 241 g/mol. The van der Waals surface area contributed by atoms with Crippen LogP contribution in [0.25, 0.3) is 0 Å². The van der Waals surface area contributed by atoms with E-state index in [9.17, 15) is 5.11 Å². The van der Waals surface area contributed by atoms with Crippen molar-refractivity contribution in [3.05, 3.63) is 5.82 Å². The summed E-state index contributed by atoms with van der Waals surface area (Å²) in [6.07, 6.45) is 0.790. The summed E-state index contributed by atoms with van der Waals surface area (Å²) in [4.78, 5) is 6.66. The number of β-amino-alcohol motifs (C(OH)–C–C–N with tert-alkyl or cyclic N) is 1. The Morgan fingerprint density at radius 1 is 1.50 bits per heavy atom. The molecule has 1 fully saturated rings. The lowest BCUT2D eigenvalue weighted by molar-refractivity contribution is 0.103. The Morgan fingerprint density at radius 2 is 2.25 bits per heavy atom. The molecule has 1 aliphatic rings. The third-order valence-corrected chi connectivity index (χ3v) is 3.93. The van der Waals surface area contributed by atoms with Crippen LogP contribution in [0.3, 0.4) is 0 Å². The summed E-state index contributed by atoms with van der Waals surface area (Å²) in [5, 5.41) is 10.8. The van der Waals surface area contributed by atoms with E-state index >= 15 is 0 Å². The van der Waals surface area contributed by atoms with Gasteiger partial charge >= 0.3 is 0 Å². The molecule has 1 saturated heterocycles. The Bertz CT molecular complexity index is 353. The molecule has 2 atom stereocenters. The van der Waals surface area contributed by atoms with Gasteiger partial charge in [-0.3, -0.25) is 0 Å². The predicted molar refractivity (Wildman–Crippen MR) is 66.0 cm³/mol. The van der Waals surface area contributed by atoms with E-state index in [1.54, 1.807) is 0 Å². The van der Waals surface area contributed by atoms with Gasteiger partial charge in [-0.15, -0.1) is 0 Å². The lowest BCUT2D eigenvalue weighted by Gasteiger charge is -2.33. The number of piperidine rings is 1. The minimum atomic E-state index is -0.236. The van der Waals surface area contributed by atoms with Crippen molar-refractivity contribution in [2.75, 3.05) is 18.0 Å². The second-order valence-corrected chi connectivity index (χ2v) is 5.60. The number of nitrogens with zero attached hydrogens (tertiary/aromatic N) is 3. The van der Waals surface area contributed by atoms with Crippen molar-refractivity contribution in [2.45, 2.75) is 39.2 Å². The van der Waals surface area contributed by atoms with Gasteiger partial charge in [-0.2, -0.15) is 4.37 Å². The molecule has 4 nitrogen and oxygen atoms in total. The lowest BCUT2D eigenvalue weighted by atomic mass is 9.96. The van der Waals surface area contributed by atoms with Crippen molar-refractivity contribution in [3.8, 4) is 0 Å². The molecule has 0 aliphatic carbocycles. The first-order valence-electron chi connectivity index (χ1n) is 5.84. The van der Waals surface area contributed by atoms with Gasteiger partial charge in [0.15, 0.2) is 0 Å². The highest BCUT2D eigenvalue weighted by molar-refractivity contribution is 7.09. The topological polar surface area (TPSA) is 49.2 Å². The van der Waals surface area contributed by atoms with Crippen LogP contribution in [0, 0.1) is 5.92 Å². The molecule has 1 aromatic heterocycles. The molecule has 0 spiro atoms. The summed E-state index contributed by atoms with van der Waals surface area (Å²) in [5.41, 5.74) is 0. The number of aliphatic hydroxyl groups excluding tert-OH is 1. The summed E-state index contributed by atoms with van der Waals surface area (Å²) in [6.45, 7) is 7.96. The van der Waals surface area contributed by atoms with E-state index in [0.29, 0.717) is 18.4 Å². The van der Waals surface area contributed by atoms with E-state index in [-0.39, 0.29) is 6.10 Å². The summed E-state index contributed by atoms with van der Waals surface area (Å²) in [7, 11) is 0. The normalized spacial score (nSPS) is 26.4. The molecule has 0 bridgehead atoms. The standard InChI is InChI=1S/C11H19N3OS/c1-7(2)10-12-11(16-13-10)14-5-4-8(3)9(15)6-14/h7-9,15H,4-6H2,1-3H3. The van der Waals surface area contributed by atoms with Crippen LogP contribution in [-0.4, -0.2) is 33.7 Å². The zero-order chi connectivity index (χ0) is 11.7. The zero-order valence-corrected chi connectivity index (χ0v) is 10.9. The summed E-state index contributed by atoms with van der Waals surface area (Å²) < 4.78 is 4.34. The molecular formula is C11H19N3OS. The van der Waals surface area contributed by atoms with Crippen molar-refractivity contribution in [2.24, 2.45) is 5.92 Å². The first-order valence-corrected chi connectivity index (χ1v) is 6.62. The van der Waals surface area contributed by atoms with Crippen LogP contribution in [0.4, 0.5) is 5.13 Å². The van der Waals surface area contributed by atoms with Crippen LogP contribution in [0.2, 0.25) is 0 Å². The maximum atomic E-state index is 9.84. The van der Waals surface area contributed by atoms with Crippen LogP contribution in [0.1, 0.15) is 38.9 Å². The smallest absolute Gasteiger partial charge is 0.205 e. The van der Waals surface area contributed by atoms with E-state index in [1.807, 2.05) is 0 Å². The Kier molecular flexibility index (Phi) is 3.44. The number of anilines is 1. The van der Waals surface area contributed by atoms with Crippen molar-refractivity contribution in [3.63, 3.8) is 0 Å². The van der Waals surface area contributed by atoms with Gasteiger partial charge in [-0.25, -0.2) is 4.98 Å². The molecule has 2 unspecified atom stereocenters. The van der Waals surface area contributed by atoms with Crippen molar-refractivity contribution < 1.29 is 5.11 Å². The summed E-state index contributed by atoms with van der Waals surface area (Å²) in [5.74, 6) is 1.68. The Morgan fingerprint density at radius 3 is 2.81 bits per heavy atom. The monoisotopic (exact) mass is 241 g/mol. The molecule has 5 heteroatoms. The van der Waals surface area contributed by atoms with Gasteiger partial charge in [0.05, 0.1) is 6.10 Å². The van der Waals surface area contributed by atoms with Gasteiger partial charge in [0.2, 0.25) is 5.13 Å². The molecular weight excluding hydrogens is 222 g/mol. The Balaban J connectivity index is 2.07. The fourth-order valence-corrected chi connectivity index (χ4v) is 2.65. The quantitative estimate of drug-likeness (QED) is 0.858. The fourth-order valence-electron chi connectivity index (χ4n) is 1.81. The molecule has 2 heterocycles. The molecule has 0 saturated carbocycles. The van der Waals surface area contributed by atoms with Crippen molar-refractivity contribution in [1.82, 2.24) is 9.36 Å². The summed E-state index contributed by atoms with van der Waals surface area (Å²) in [6, 6.07) is 0. The fraction of sp³-hybridized carbons (Fsp3) is 0.818. The third kappa shape index (κ3) is 2.35.